The van der Waals surface area contributed by atoms with Crippen LogP contribution in [0.2, 0.25) is 0 Å². The third kappa shape index (κ3) is 2.55. The van der Waals surface area contributed by atoms with Crippen molar-refractivity contribution >= 4 is 26.7 Å². The Kier molecular flexibility index (Phi) is 3.72. The smallest absolute Gasteiger partial charge is 0.135 e. The molecule has 3 rings (SSSR count). The Bertz CT molecular complexity index is 748. The Labute approximate surface area is 125 Å². The lowest BCUT2D eigenvalue weighted by molar-refractivity contribution is 0.276. The number of hydrogen-bond acceptors (Lipinski definition) is 2. The zero-order valence-corrected chi connectivity index (χ0v) is 12.3. The van der Waals surface area contributed by atoms with E-state index in [1.165, 1.54) is 0 Å². The summed E-state index contributed by atoms with van der Waals surface area (Å²) in [5.41, 5.74) is 0.765. The van der Waals surface area contributed by atoms with E-state index in [0.29, 0.717) is 5.75 Å². The molecule has 0 atom stereocenters. The number of hydrogen-bond donors (Lipinski definition) is 1. The third-order valence-electron chi connectivity index (χ3n) is 3.17. The van der Waals surface area contributed by atoms with Gasteiger partial charge in [0, 0.05) is 15.4 Å². The minimum absolute atomic E-state index is 0.0482. The molecule has 0 aliphatic carbocycles. The Morgan fingerprint density at radius 2 is 1.70 bits per heavy atom. The van der Waals surface area contributed by atoms with Gasteiger partial charge in [-0.05, 0) is 23.6 Å². The first-order chi connectivity index (χ1) is 9.78. The van der Waals surface area contributed by atoms with E-state index in [9.17, 15) is 5.11 Å². The van der Waals surface area contributed by atoms with Gasteiger partial charge in [-0.25, -0.2) is 0 Å². The number of aliphatic hydroxyl groups is 1. The van der Waals surface area contributed by atoms with Gasteiger partial charge >= 0.3 is 0 Å². The minimum Gasteiger partial charge on any atom is -0.456 e. The van der Waals surface area contributed by atoms with Crippen LogP contribution in [0.5, 0.6) is 11.5 Å². The third-order valence-corrected chi connectivity index (χ3v) is 3.66. The fourth-order valence-electron chi connectivity index (χ4n) is 2.16. The zero-order valence-electron chi connectivity index (χ0n) is 10.7. The molecule has 3 aromatic carbocycles. The van der Waals surface area contributed by atoms with Crippen LogP contribution >= 0.6 is 15.9 Å². The van der Waals surface area contributed by atoms with Crippen molar-refractivity contribution in [2.45, 2.75) is 6.61 Å². The second-order valence-corrected chi connectivity index (χ2v) is 5.41. The number of ether oxygens (including phenoxy) is 1. The highest BCUT2D eigenvalue weighted by atomic mass is 79.9. The first kappa shape index (κ1) is 13.2. The van der Waals surface area contributed by atoms with Crippen LogP contribution in [0.4, 0.5) is 0 Å². The summed E-state index contributed by atoms with van der Waals surface area (Å²) in [5.74, 6) is 1.45. The molecule has 3 heteroatoms. The molecule has 0 heterocycles. The quantitative estimate of drug-likeness (QED) is 0.741. The highest BCUT2D eigenvalue weighted by Crippen LogP contribution is 2.33. The lowest BCUT2D eigenvalue weighted by atomic mass is 10.1. The highest BCUT2D eigenvalue weighted by Gasteiger charge is 2.07. The van der Waals surface area contributed by atoms with Crippen molar-refractivity contribution in [1.82, 2.24) is 0 Å². The molecule has 3 aromatic rings. The molecule has 1 N–H and O–H groups in total. The Hall–Kier alpha value is -1.84. The van der Waals surface area contributed by atoms with Gasteiger partial charge in [-0.15, -0.1) is 0 Å². The molecule has 0 aliphatic heterocycles. The van der Waals surface area contributed by atoms with Gasteiger partial charge < -0.3 is 9.84 Å². The minimum atomic E-state index is -0.0482. The second kappa shape index (κ2) is 5.65. The van der Waals surface area contributed by atoms with E-state index >= 15 is 0 Å². The van der Waals surface area contributed by atoms with Crippen LogP contribution in [0.15, 0.2) is 65.1 Å². The summed E-state index contributed by atoms with van der Waals surface area (Å²) < 4.78 is 6.93. The predicted octanol–water partition coefficient (Wildman–Crippen LogP) is 4.89. The molecular weight excluding hydrogens is 316 g/mol. The van der Waals surface area contributed by atoms with Crippen molar-refractivity contribution in [2.24, 2.45) is 0 Å². The van der Waals surface area contributed by atoms with Gasteiger partial charge in [-0.1, -0.05) is 58.4 Å². The average Bonchev–Trinajstić information content (AvgIpc) is 2.48. The van der Waals surface area contributed by atoms with Gasteiger partial charge in [0.2, 0.25) is 0 Å². The number of aliphatic hydroxyl groups excluding tert-OH is 1. The van der Waals surface area contributed by atoms with E-state index in [4.69, 9.17) is 4.74 Å². The van der Waals surface area contributed by atoms with Crippen molar-refractivity contribution in [3.63, 3.8) is 0 Å². The number of fused-ring (bicyclic) bond motifs is 1. The number of rotatable bonds is 3. The molecule has 0 fully saturated rings. The summed E-state index contributed by atoms with van der Waals surface area (Å²) >= 11 is 3.43. The molecule has 0 amide bonds. The molecule has 20 heavy (non-hydrogen) atoms. The topological polar surface area (TPSA) is 29.5 Å². The van der Waals surface area contributed by atoms with Gasteiger partial charge in [0.05, 0.1) is 6.61 Å². The van der Waals surface area contributed by atoms with Crippen LogP contribution in [0, 0.1) is 0 Å². The standard InChI is InChI=1S/C17H13BrO2/c18-14-9-8-13(11-19)17(10-14)20-16-7-3-5-12-4-1-2-6-15(12)16/h1-10,19H,11H2. The SMILES string of the molecule is OCc1ccc(Br)cc1Oc1cccc2ccccc12. The first-order valence-corrected chi connectivity index (χ1v) is 7.12. The summed E-state index contributed by atoms with van der Waals surface area (Å²) in [6, 6.07) is 19.6. The van der Waals surface area contributed by atoms with E-state index in [-0.39, 0.29) is 6.61 Å². The molecule has 0 radical (unpaired) electrons. The summed E-state index contributed by atoms with van der Waals surface area (Å²) in [5, 5.41) is 11.6. The maximum atomic E-state index is 9.41. The highest BCUT2D eigenvalue weighted by molar-refractivity contribution is 9.10. The fourth-order valence-corrected chi connectivity index (χ4v) is 2.50. The Morgan fingerprint density at radius 1 is 0.900 bits per heavy atom. The maximum Gasteiger partial charge on any atom is 0.135 e. The number of halogens is 1. The van der Waals surface area contributed by atoms with Gasteiger partial charge in [0.25, 0.3) is 0 Å². The predicted molar refractivity (Wildman–Crippen MR) is 84.1 cm³/mol. The second-order valence-electron chi connectivity index (χ2n) is 4.49. The monoisotopic (exact) mass is 328 g/mol. The Balaban J connectivity index is 2.07. The van der Waals surface area contributed by atoms with Crippen LogP contribution in [0.3, 0.4) is 0 Å². The van der Waals surface area contributed by atoms with Crippen LogP contribution < -0.4 is 4.74 Å². The lowest BCUT2D eigenvalue weighted by Crippen LogP contribution is -1.92. The van der Waals surface area contributed by atoms with Crippen molar-refractivity contribution in [1.29, 1.82) is 0 Å². The lowest BCUT2D eigenvalue weighted by Gasteiger charge is -2.12. The van der Waals surface area contributed by atoms with Crippen molar-refractivity contribution in [3.8, 4) is 11.5 Å². The van der Waals surface area contributed by atoms with Gasteiger partial charge in [-0.2, -0.15) is 0 Å². The molecule has 0 saturated carbocycles. The van der Waals surface area contributed by atoms with Crippen LogP contribution in [-0.4, -0.2) is 5.11 Å². The average molecular weight is 329 g/mol. The summed E-state index contributed by atoms with van der Waals surface area (Å²) in [4.78, 5) is 0. The van der Waals surface area contributed by atoms with Crippen molar-refractivity contribution < 1.29 is 9.84 Å². The molecule has 0 bridgehead atoms. The molecular formula is C17H13BrO2. The van der Waals surface area contributed by atoms with Gasteiger partial charge in [0.1, 0.15) is 11.5 Å². The molecule has 100 valence electrons. The van der Waals surface area contributed by atoms with Crippen LogP contribution in [0.25, 0.3) is 10.8 Å². The van der Waals surface area contributed by atoms with E-state index in [2.05, 4.69) is 28.1 Å². The van der Waals surface area contributed by atoms with Gasteiger partial charge in [0.15, 0.2) is 0 Å². The van der Waals surface area contributed by atoms with Crippen LogP contribution in [0.1, 0.15) is 5.56 Å². The fraction of sp³-hybridized carbons (Fsp3) is 0.0588. The molecule has 2 nitrogen and oxygen atoms in total. The summed E-state index contributed by atoms with van der Waals surface area (Å²) in [6.45, 7) is -0.0482. The van der Waals surface area contributed by atoms with Gasteiger partial charge in [-0.3, -0.25) is 0 Å². The normalized spacial score (nSPS) is 10.7. The van der Waals surface area contributed by atoms with Crippen molar-refractivity contribution in [2.75, 3.05) is 0 Å². The molecule has 0 unspecified atom stereocenters. The molecule has 0 saturated heterocycles. The van der Waals surface area contributed by atoms with E-state index in [0.717, 1.165) is 26.6 Å². The number of benzene rings is 3. The largest absolute Gasteiger partial charge is 0.456 e. The zero-order chi connectivity index (χ0) is 13.9. The van der Waals surface area contributed by atoms with E-state index in [1.54, 1.807) is 0 Å². The molecule has 0 aromatic heterocycles. The Morgan fingerprint density at radius 3 is 2.55 bits per heavy atom. The molecule has 0 spiro atoms. The maximum absolute atomic E-state index is 9.41. The molecule has 0 aliphatic rings. The van der Waals surface area contributed by atoms with E-state index < -0.39 is 0 Å². The summed E-state index contributed by atoms with van der Waals surface area (Å²) in [7, 11) is 0. The van der Waals surface area contributed by atoms with Crippen LogP contribution in [-0.2, 0) is 6.61 Å². The first-order valence-electron chi connectivity index (χ1n) is 6.33. The van der Waals surface area contributed by atoms with E-state index in [1.807, 2.05) is 48.5 Å². The van der Waals surface area contributed by atoms with Crippen molar-refractivity contribution in [3.05, 3.63) is 70.7 Å². The summed E-state index contributed by atoms with van der Waals surface area (Å²) in [6.07, 6.45) is 0.